The van der Waals surface area contributed by atoms with Gasteiger partial charge in [-0.05, 0) is 12.8 Å². The minimum atomic E-state index is -0.938. The van der Waals surface area contributed by atoms with Crippen LogP contribution in [0.2, 0.25) is 0 Å². The molecule has 0 spiro atoms. The Bertz CT molecular complexity index is 198. The summed E-state index contributed by atoms with van der Waals surface area (Å²) < 4.78 is 0. The van der Waals surface area contributed by atoms with E-state index in [0.717, 1.165) is 32.1 Å². The average Bonchev–Trinajstić information content (AvgIpc) is 2.16. The molecule has 13 heavy (non-hydrogen) atoms. The second-order valence-electron chi connectivity index (χ2n) is 3.66. The van der Waals surface area contributed by atoms with E-state index >= 15 is 0 Å². The van der Waals surface area contributed by atoms with E-state index in [0.29, 0.717) is 12.8 Å². The highest BCUT2D eigenvalue weighted by molar-refractivity contribution is 5.98. The predicted octanol–water partition coefficient (Wildman–Crippen LogP) is 2.00. The van der Waals surface area contributed by atoms with E-state index in [1.54, 1.807) is 0 Å². The fourth-order valence-corrected chi connectivity index (χ4v) is 1.77. The summed E-state index contributed by atoms with van der Waals surface area (Å²) in [6.07, 6.45) is 6.01. The van der Waals surface area contributed by atoms with E-state index in [1.807, 2.05) is 0 Å². The van der Waals surface area contributed by atoms with E-state index < -0.39 is 11.9 Å². The monoisotopic (exact) mass is 184 g/mol. The number of Topliss-reactive ketones (excluding diaryl/α,β-unsaturated/α-hetero) is 1. The Hall–Kier alpha value is -0.860. The van der Waals surface area contributed by atoms with Gasteiger partial charge >= 0.3 is 5.97 Å². The molecule has 0 aromatic rings. The fourth-order valence-electron chi connectivity index (χ4n) is 1.77. The molecular formula is C10H16O3. The van der Waals surface area contributed by atoms with Crippen LogP contribution in [-0.4, -0.2) is 16.9 Å². The molecule has 1 aliphatic carbocycles. The van der Waals surface area contributed by atoms with Crippen molar-refractivity contribution in [1.29, 1.82) is 0 Å². The minimum absolute atomic E-state index is 0.0746. The SMILES string of the molecule is O=C(O)C1CCCCCCCC1=O. The molecule has 1 rings (SSSR count). The summed E-state index contributed by atoms with van der Waals surface area (Å²) in [6.45, 7) is 0. The Morgan fingerprint density at radius 3 is 2.46 bits per heavy atom. The second kappa shape index (κ2) is 5.00. The van der Waals surface area contributed by atoms with Gasteiger partial charge in [-0.2, -0.15) is 0 Å². The first-order valence-electron chi connectivity index (χ1n) is 4.97. The Morgan fingerprint density at radius 2 is 1.77 bits per heavy atom. The topological polar surface area (TPSA) is 54.4 Å². The smallest absolute Gasteiger partial charge is 0.314 e. The highest BCUT2D eigenvalue weighted by Crippen LogP contribution is 2.19. The van der Waals surface area contributed by atoms with Crippen LogP contribution in [0.1, 0.15) is 44.9 Å². The lowest BCUT2D eigenvalue weighted by atomic mass is 9.96. The number of carboxylic acid groups (broad SMARTS) is 1. The molecule has 0 amide bonds. The van der Waals surface area contributed by atoms with Gasteiger partial charge < -0.3 is 5.11 Å². The zero-order valence-electron chi connectivity index (χ0n) is 7.79. The summed E-state index contributed by atoms with van der Waals surface area (Å²) in [7, 11) is 0. The fraction of sp³-hybridized carbons (Fsp3) is 0.800. The van der Waals surface area contributed by atoms with E-state index in [1.165, 1.54) is 0 Å². The first-order valence-corrected chi connectivity index (χ1v) is 4.97. The number of ketones is 1. The van der Waals surface area contributed by atoms with Gasteiger partial charge in [0.15, 0.2) is 0 Å². The maximum atomic E-state index is 11.4. The molecule has 0 radical (unpaired) electrons. The van der Waals surface area contributed by atoms with E-state index in [2.05, 4.69) is 0 Å². The van der Waals surface area contributed by atoms with Crippen LogP contribution >= 0.6 is 0 Å². The van der Waals surface area contributed by atoms with Crippen molar-refractivity contribution >= 4 is 11.8 Å². The molecule has 1 saturated carbocycles. The van der Waals surface area contributed by atoms with E-state index in [4.69, 9.17) is 5.11 Å². The molecule has 0 aromatic heterocycles. The van der Waals surface area contributed by atoms with Gasteiger partial charge in [0.05, 0.1) is 0 Å². The van der Waals surface area contributed by atoms with Gasteiger partial charge in [0.2, 0.25) is 0 Å². The van der Waals surface area contributed by atoms with Gasteiger partial charge in [-0.25, -0.2) is 0 Å². The molecule has 1 aliphatic rings. The van der Waals surface area contributed by atoms with Crippen LogP contribution in [0.25, 0.3) is 0 Å². The highest BCUT2D eigenvalue weighted by atomic mass is 16.4. The molecule has 3 nitrogen and oxygen atoms in total. The molecule has 1 unspecified atom stereocenters. The summed E-state index contributed by atoms with van der Waals surface area (Å²) in [6, 6.07) is 0. The Kier molecular flexibility index (Phi) is 3.93. The maximum absolute atomic E-state index is 11.4. The zero-order valence-corrected chi connectivity index (χ0v) is 7.79. The van der Waals surface area contributed by atoms with Crippen LogP contribution in [0.4, 0.5) is 0 Å². The van der Waals surface area contributed by atoms with Crippen molar-refractivity contribution in [2.75, 3.05) is 0 Å². The van der Waals surface area contributed by atoms with Crippen molar-refractivity contribution < 1.29 is 14.7 Å². The van der Waals surface area contributed by atoms with Gasteiger partial charge in [0, 0.05) is 6.42 Å². The van der Waals surface area contributed by atoms with Crippen molar-refractivity contribution in [1.82, 2.24) is 0 Å². The molecule has 1 atom stereocenters. The molecule has 1 fully saturated rings. The normalized spacial score (nSPS) is 25.8. The Balaban J connectivity index is 2.55. The third kappa shape index (κ3) is 3.17. The number of carbonyl (C=O) groups excluding carboxylic acids is 1. The molecule has 0 bridgehead atoms. The van der Waals surface area contributed by atoms with Crippen LogP contribution in [0.3, 0.4) is 0 Å². The van der Waals surface area contributed by atoms with E-state index in [9.17, 15) is 9.59 Å². The first-order chi connectivity index (χ1) is 6.22. The number of carboxylic acids is 1. The third-order valence-corrected chi connectivity index (χ3v) is 2.60. The van der Waals surface area contributed by atoms with Gasteiger partial charge in [-0.15, -0.1) is 0 Å². The molecule has 0 aromatic carbocycles. The summed E-state index contributed by atoms with van der Waals surface area (Å²) in [5.74, 6) is -1.74. The van der Waals surface area contributed by atoms with Gasteiger partial charge in [0.25, 0.3) is 0 Å². The van der Waals surface area contributed by atoms with Crippen LogP contribution in [-0.2, 0) is 9.59 Å². The lowest BCUT2D eigenvalue weighted by Gasteiger charge is -2.08. The highest BCUT2D eigenvalue weighted by Gasteiger charge is 2.25. The van der Waals surface area contributed by atoms with Crippen LogP contribution in [0.15, 0.2) is 0 Å². The number of hydrogen-bond acceptors (Lipinski definition) is 2. The first kappa shape index (κ1) is 10.2. The summed E-state index contributed by atoms with van der Waals surface area (Å²) in [5, 5.41) is 8.80. The standard InChI is InChI=1S/C10H16O3/c11-9-7-5-3-1-2-4-6-8(9)10(12)13/h8H,1-7H2,(H,12,13). The quantitative estimate of drug-likeness (QED) is 0.634. The van der Waals surface area contributed by atoms with Gasteiger partial charge in [-0.3, -0.25) is 9.59 Å². The van der Waals surface area contributed by atoms with Gasteiger partial charge in [0.1, 0.15) is 11.7 Å². The molecule has 1 N–H and O–H groups in total. The van der Waals surface area contributed by atoms with Gasteiger partial charge in [-0.1, -0.05) is 25.7 Å². The molecular weight excluding hydrogens is 168 g/mol. The predicted molar refractivity (Wildman–Crippen MR) is 48.5 cm³/mol. The Morgan fingerprint density at radius 1 is 1.15 bits per heavy atom. The lowest BCUT2D eigenvalue weighted by molar-refractivity contribution is -0.146. The lowest BCUT2D eigenvalue weighted by Crippen LogP contribution is -2.23. The zero-order chi connectivity index (χ0) is 9.68. The number of aliphatic carboxylic acids is 1. The molecule has 74 valence electrons. The van der Waals surface area contributed by atoms with Crippen molar-refractivity contribution in [3.8, 4) is 0 Å². The number of rotatable bonds is 1. The van der Waals surface area contributed by atoms with E-state index in [-0.39, 0.29) is 5.78 Å². The number of carbonyl (C=O) groups is 2. The molecule has 0 heterocycles. The molecule has 3 heteroatoms. The second-order valence-corrected chi connectivity index (χ2v) is 3.66. The molecule has 0 aliphatic heterocycles. The minimum Gasteiger partial charge on any atom is -0.481 e. The van der Waals surface area contributed by atoms with Crippen molar-refractivity contribution in [3.63, 3.8) is 0 Å². The third-order valence-electron chi connectivity index (χ3n) is 2.60. The average molecular weight is 184 g/mol. The summed E-state index contributed by atoms with van der Waals surface area (Å²) >= 11 is 0. The van der Waals surface area contributed by atoms with Crippen LogP contribution in [0.5, 0.6) is 0 Å². The van der Waals surface area contributed by atoms with Crippen molar-refractivity contribution in [3.05, 3.63) is 0 Å². The molecule has 0 saturated heterocycles. The summed E-state index contributed by atoms with van der Waals surface area (Å²) in [5.41, 5.74) is 0. The van der Waals surface area contributed by atoms with Crippen LogP contribution in [0, 0.1) is 5.92 Å². The maximum Gasteiger partial charge on any atom is 0.314 e. The van der Waals surface area contributed by atoms with Crippen molar-refractivity contribution in [2.24, 2.45) is 5.92 Å². The Labute approximate surface area is 78.1 Å². The van der Waals surface area contributed by atoms with Crippen molar-refractivity contribution in [2.45, 2.75) is 44.9 Å². The number of hydrogen-bond donors (Lipinski definition) is 1. The summed E-state index contributed by atoms with van der Waals surface area (Å²) in [4.78, 5) is 22.1. The largest absolute Gasteiger partial charge is 0.481 e. The van der Waals surface area contributed by atoms with Crippen LogP contribution < -0.4 is 0 Å².